The summed E-state index contributed by atoms with van der Waals surface area (Å²) in [5.74, 6) is 0.921. The van der Waals surface area contributed by atoms with Gasteiger partial charge in [0.05, 0.1) is 23.7 Å². The first-order valence-corrected chi connectivity index (χ1v) is 10.8. The molecule has 166 valence electrons. The molecule has 0 radical (unpaired) electrons. The molecule has 0 aliphatic carbocycles. The van der Waals surface area contributed by atoms with E-state index >= 15 is 0 Å². The van der Waals surface area contributed by atoms with Gasteiger partial charge in [-0.05, 0) is 54.6 Å². The second kappa shape index (κ2) is 9.03. The lowest BCUT2D eigenvalue weighted by molar-refractivity contribution is 0.102. The fraction of sp³-hybridized carbons (Fsp3) is 0.0357. The highest BCUT2D eigenvalue weighted by Gasteiger charge is 2.13. The molecule has 2 N–H and O–H groups in total. The second-order valence-corrected chi connectivity index (χ2v) is 7.74. The van der Waals surface area contributed by atoms with Gasteiger partial charge in [-0.1, -0.05) is 42.5 Å². The van der Waals surface area contributed by atoms with Gasteiger partial charge in [-0.15, -0.1) is 0 Å². The van der Waals surface area contributed by atoms with Gasteiger partial charge in [-0.2, -0.15) is 0 Å². The smallest absolute Gasteiger partial charge is 0.259 e. The van der Waals surface area contributed by atoms with Gasteiger partial charge >= 0.3 is 0 Å². The summed E-state index contributed by atoms with van der Waals surface area (Å²) in [6.45, 7) is 0. The average molecular weight is 447 g/mol. The predicted octanol–water partition coefficient (Wildman–Crippen LogP) is 5.72. The summed E-state index contributed by atoms with van der Waals surface area (Å²) in [6, 6.07) is 29.1. The molecule has 0 aliphatic heterocycles. The number of H-pyrrole nitrogens is 1. The maximum absolute atomic E-state index is 12.8. The first-order valence-electron chi connectivity index (χ1n) is 10.8. The summed E-state index contributed by atoms with van der Waals surface area (Å²) in [4.78, 5) is 33.3. The molecule has 0 aliphatic rings. The standard InChI is InChI=1S/C28H21N3O3/c1-34-25-10-6-5-9-22(25)28(33)29-21-14-11-19(12-15-21)27-30-23-16-13-20(17-24(23)31-27)26(32)18-7-3-2-4-8-18/h2-17H,1H3,(H,29,33)(H,30,31). The number of hydrogen-bond donors (Lipinski definition) is 2. The number of benzene rings is 4. The molecule has 0 spiro atoms. The predicted molar refractivity (Wildman–Crippen MR) is 132 cm³/mol. The fourth-order valence-corrected chi connectivity index (χ4v) is 3.79. The molecule has 5 aromatic rings. The Labute approximate surface area is 196 Å². The molecule has 0 atom stereocenters. The van der Waals surface area contributed by atoms with E-state index in [4.69, 9.17) is 4.74 Å². The van der Waals surface area contributed by atoms with Gasteiger partial charge in [0.2, 0.25) is 0 Å². The number of aromatic nitrogens is 2. The third-order valence-corrected chi connectivity index (χ3v) is 5.55. The lowest BCUT2D eigenvalue weighted by Crippen LogP contribution is -2.13. The molecule has 1 aromatic heterocycles. The maximum atomic E-state index is 12.8. The number of nitrogens with one attached hydrogen (secondary N) is 2. The van der Waals surface area contributed by atoms with Crippen LogP contribution in [0, 0.1) is 0 Å². The van der Waals surface area contributed by atoms with Gasteiger partial charge in [0.15, 0.2) is 5.78 Å². The highest BCUT2D eigenvalue weighted by Crippen LogP contribution is 2.25. The van der Waals surface area contributed by atoms with Gasteiger partial charge < -0.3 is 15.0 Å². The normalized spacial score (nSPS) is 10.7. The molecule has 34 heavy (non-hydrogen) atoms. The number of anilines is 1. The zero-order valence-electron chi connectivity index (χ0n) is 18.4. The Morgan fingerprint density at radius 1 is 0.824 bits per heavy atom. The first kappa shape index (κ1) is 21.2. The summed E-state index contributed by atoms with van der Waals surface area (Å²) in [7, 11) is 1.54. The number of fused-ring (bicyclic) bond motifs is 1. The van der Waals surface area contributed by atoms with Crippen LogP contribution in [-0.2, 0) is 0 Å². The first-order chi connectivity index (χ1) is 16.6. The molecule has 0 bridgehead atoms. The summed E-state index contributed by atoms with van der Waals surface area (Å²) in [6.07, 6.45) is 0. The monoisotopic (exact) mass is 447 g/mol. The lowest BCUT2D eigenvalue weighted by Gasteiger charge is -2.09. The number of aromatic amines is 1. The van der Waals surface area contributed by atoms with Crippen LogP contribution in [0.15, 0.2) is 97.1 Å². The van der Waals surface area contributed by atoms with Gasteiger partial charge in [-0.25, -0.2) is 4.98 Å². The molecule has 6 nitrogen and oxygen atoms in total. The minimum Gasteiger partial charge on any atom is -0.496 e. The average Bonchev–Trinajstić information content (AvgIpc) is 3.32. The maximum Gasteiger partial charge on any atom is 0.259 e. The molecule has 4 aromatic carbocycles. The van der Waals surface area contributed by atoms with E-state index in [9.17, 15) is 9.59 Å². The molecule has 0 saturated heterocycles. The lowest BCUT2D eigenvalue weighted by atomic mass is 10.0. The summed E-state index contributed by atoms with van der Waals surface area (Å²) in [5, 5.41) is 2.89. The van der Waals surface area contributed by atoms with Crippen LogP contribution in [0.3, 0.4) is 0 Å². The Morgan fingerprint density at radius 3 is 2.32 bits per heavy atom. The largest absolute Gasteiger partial charge is 0.496 e. The van der Waals surface area contributed by atoms with Crippen LogP contribution in [-0.4, -0.2) is 28.8 Å². The van der Waals surface area contributed by atoms with Crippen LogP contribution >= 0.6 is 0 Å². The van der Waals surface area contributed by atoms with Crippen molar-refractivity contribution < 1.29 is 14.3 Å². The van der Waals surface area contributed by atoms with Gasteiger partial charge in [-0.3, -0.25) is 9.59 Å². The van der Waals surface area contributed by atoms with E-state index in [1.54, 1.807) is 36.4 Å². The van der Waals surface area contributed by atoms with E-state index in [1.165, 1.54) is 7.11 Å². The van der Waals surface area contributed by atoms with Crippen LogP contribution in [0.5, 0.6) is 5.75 Å². The topological polar surface area (TPSA) is 84.1 Å². The van der Waals surface area contributed by atoms with Crippen molar-refractivity contribution in [2.24, 2.45) is 0 Å². The Morgan fingerprint density at radius 2 is 1.56 bits per heavy atom. The highest BCUT2D eigenvalue weighted by molar-refractivity contribution is 6.10. The number of carbonyl (C=O) groups is 2. The zero-order valence-corrected chi connectivity index (χ0v) is 18.4. The Hall–Kier alpha value is -4.71. The van der Waals surface area contributed by atoms with Crippen molar-refractivity contribution in [1.29, 1.82) is 0 Å². The molecule has 6 heteroatoms. The van der Waals surface area contributed by atoms with E-state index in [0.29, 0.717) is 34.0 Å². The van der Waals surface area contributed by atoms with Crippen LogP contribution in [0.25, 0.3) is 22.4 Å². The minimum absolute atomic E-state index is 0.0335. The van der Waals surface area contributed by atoms with E-state index in [-0.39, 0.29) is 11.7 Å². The zero-order chi connectivity index (χ0) is 23.5. The van der Waals surface area contributed by atoms with Crippen LogP contribution < -0.4 is 10.1 Å². The molecular formula is C28H21N3O3. The number of nitrogens with zero attached hydrogens (tertiary/aromatic N) is 1. The Bertz CT molecular complexity index is 1490. The van der Waals surface area contributed by atoms with Gasteiger partial charge in [0, 0.05) is 22.4 Å². The second-order valence-electron chi connectivity index (χ2n) is 7.74. The number of imidazole rings is 1. The fourth-order valence-electron chi connectivity index (χ4n) is 3.79. The number of hydrogen-bond acceptors (Lipinski definition) is 4. The number of rotatable bonds is 6. The van der Waals surface area contributed by atoms with Crippen molar-refractivity contribution in [3.8, 4) is 17.1 Å². The third kappa shape index (κ3) is 4.17. The number of ketones is 1. The highest BCUT2D eigenvalue weighted by atomic mass is 16.5. The van der Waals surface area contributed by atoms with Gasteiger partial charge in [0.25, 0.3) is 5.91 Å². The van der Waals surface area contributed by atoms with Crippen molar-refractivity contribution in [1.82, 2.24) is 9.97 Å². The molecule has 0 saturated carbocycles. The molecule has 0 fully saturated rings. The van der Waals surface area contributed by atoms with Crippen molar-refractivity contribution in [2.45, 2.75) is 0 Å². The van der Waals surface area contributed by atoms with Gasteiger partial charge in [0.1, 0.15) is 11.6 Å². The van der Waals surface area contributed by atoms with Crippen molar-refractivity contribution in [3.05, 3.63) is 114 Å². The van der Waals surface area contributed by atoms with Crippen molar-refractivity contribution in [3.63, 3.8) is 0 Å². The van der Waals surface area contributed by atoms with Crippen molar-refractivity contribution in [2.75, 3.05) is 12.4 Å². The molecule has 1 heterocycles. The molecule has 0 unspecified atom stereocenters. The van der Waals surface area contributed by atoms with Crippen LogP contribution in [0.4, 0.5) is 5.69 Å². The third-order valence-electron chi connectivity index (χ3n) is 5.55. The quantitative estimate of drug-likeness (QED) is 0.326. The number of para-hydroxylation sites is 1. The minimum atomic E-state index is -0.246. The number of ether oxygens (including phenoxy) is 1. The van der Waals surface area contributed by atoms with Crippen LogP contribution in [0.1, 0.15) is 26.3 Å². The summed E-state index contributed by atoms with van der Waals surface area (Å²) < 4.78 is 5.26. The molecular weight excluding hydrogens is 426 g/mol. The molecule has 5 rings (SSSR count). The van der Waals surface area contributed by atoms with Crippen LogP contribution in [0.2, 0.25) is 0 Å². The van der Waals surface area contributed by atoms with E-state index < -0.39 is 0 Å². The van der Waals surface area contributed by atoms with E-state index in [1.807, 2.05) is 60.7 Å². The number of amides is 1. The van der Waals surface area contributed by atoms with E-state index in [0.717, 1.165) is 16.6 Å². The SMILES string of the molecule is COc1ccccc1C(=O)Nc1ccc(-c2nc3ccc(C(=O)c4ccccc4)cc3[nH]2)cc1. The number of methoxy groups -OCH3 is 1. The van der Waals surface area contributed by atoms with E-state index in [2.05, 4.69) is 15.3 Å². The molecule has 1 amide bonds. The Kier molecular flexibility index (Phi) is 5.62. The Balaban J connectivity index is 1.36. The number of carbonyl (C=O) groups excluding carboxylic acids is 2. The van der Waals surface area contributed by atoms with Crippen molar-refractivity contribution >= 4 is 28.4 Å². The summed E-state index contributed by atoms with van der Waals surface area (Å²) >= 11 is 0. The summed E-state index contributed by atoms with van der Waals surface area (Å²) in [5.41, 5.74) is 4.79.